The summed E-state index contributed by atoms with van der Waals surface area (Å²) in [5.74, 6) is -0.506. The highest BCUT2D eigenvalue weighted by Crippen LogP contribution is 2.28. The van der Waals surface area contributed by atoms with E-state index in [1.54, 1.807) is 42.5 Å². The van der Waals surface area contributed by atoms with E-state index in [-0.39, 0.29) is 18.7 Å². The lowest BCUT2D eigenvalue weighted by molar-refractivity contribution is -0.147. The lowest BCUT2D eigenvalue weighted by Gasteiger charge is -2.12. The van der Waals surface area contributed by atoms with Crippen molar-refractivity contribution in [2.24, 2.45) is 0 Å². The first-order valence-corrected chi connectivity index (χ1v) is 8.54. The summed E-state index contributed by atoms with van der Waals surface area (Å²) in [7, 11) is 2.97. The molecule has 0 aliphatic rings. The fourth-order valence-corrected chi connectivity index (χ4v) is 2.28. The Balaban J connectivity index is 1.75. The van der Waals surface area contributed by atoms with Gasteiger partial charge in [0.15, 0.2) is 6.61 Å². The van der Waals surface area contributed by atoms with Crippen LogP contribution in [0.5, 0.6) is 11.5 Å². The Kier molecular flexibility index (Phi) is 7.83. The molecule has 0 atom stereocenters. The van der Waals surface area contributed by atoms with E-state index in [1.165, 1.54) is 14.2 Å². The fraction of sp³-hybridized carbons (Fsp3) is 0.250. The number of amides is 2. The van der Waals surface area contributed by atoms with Crippen LogP contribution < -0.4 is 20.1 Å². The Morgan fingerprint density at radius 2 is 1.61 bits per heavy atom. The maximum absolute atomic E-state index is 12.0. The van der Waals surface area contributed by atoms with Crippen LogP contribution in [0.1, 0.15) is 12.8 Å². The fourth-order valence-electron chi connectivity index (χ4n) is 2.28. The van der Waals surface area contributed by atoms with Gasteiger partial charge in [-0.15, -0.1) is 0 Å². The molecule has 0 radical (unpaired) electrons. The summed E-state index contributed by atoms with van der Waals surface area (Å²) >= 11 is 0. The van der Waals surface area contributed by atoms with Gasteiger partial charge in [-0.2, -0.15) is 0 Å². The van der Waals surface area contributed by atoms with E-state index in [0.717, 1.165) is 0 Å². The Labute approximate surface area is 162 Å². The first-order chi connectivity index (χ1) is 13.5. The number of carbonyl (C=O) groups is 3. The van der Waals surface area contributed by atoms with Crippen molar-refractivity contribution in [3.8, 4) is 11.5 Å². The predicted molar refractivity (Wildman–Crippen MR) is 103 cm³/mol. The Hall–Kier alpha value is -3.55. The number of para-hydroxylation sites is 1. The topological polar surface area (TPSA) is 103 Å². The van der Waals surface area contributed by atoms with Crippen LogP contribution in [0.4, 0.5) is 11.4 Å². The lowest BCUT2D eigenvalue weighted by Crippen LogP contribution is -2.22. The molecule has 0 aliphatic carbocycles. The number of hydrogen-bond donors (Lipinski definition) is 2. The molecular weight excluding hydrogens is 364 g/mol. The minimum absolute atomic E-state index is 0.0426. The van der Waals surface area contributed by atoms with E-state index in [2.05, 4.69) is 10.6 Å². The van der Waals surface area contributed by atoms with Gasteiger partial charge in [0, 0.05) is 18.2 Å². The van der Waals surface area contributed by atoms with E-state index < -0.39 is 18.5 Å². The van der Waals surface area contributed by atoms with Crippen LogP contribution in [-0.2, 0) is 19.1 Å². The summed E-state index contributed by atoms with van der Waals surface area (Å²) in [5.41, 5.74) is 1.04. The standard InChI is InChI=1S/C20H22N2O6/c1-26-15-8-9-17(27-2)16(12-15)22-19(24)13-28-20(25)11-10-18(23)21-14-6-4-3-5-7-14/h3-9,12H,10-11,13H2,1-2H3,(H,21,23)(H,22,24). The molecule has 0 aliphatic heterocycles. The van der Waals surface area contributed by atoms with Gasteiger partial charge in [-0.05, 0) is 24.3 Å². The number of esters is 1. The first kappa shape index (κ1) is 20.8. The lowest BCUT2D eigenvalue weighted by atomic mass is 10.2. The molecule has 0 aromatic heterocycles. The van der Waals surface area contributed by atoms with Crippen molar-refractivity contribution in [1.82, 2.24) is 0 Å². The highest BCUT2D eigenvalue weighted by atomic mass is 16.5. The summed E-state index contributed by atoms with van der Waals surface area (Å²) in [5, 5.41) is 5.26. The average molecular weight is 386 g/mol. The zero-order chi connectivity index (χ0) is 20.4. The van der Waals surface area contributed by atoms with Crippen molar-refractivity contribution in [2.75, 3.05) is 31.5 Å². The van der Waals surface area contributed by atoms with Gasteiger partial charge in [0.2, 0.25) is 5.91 Å². The van der Waals surface area contributed by atoms with Gasteiger partial charge in [0.25, 0.3) is 5.91 Å². The number of hydrogen-bond acceptors (Lipinski definition) is 6. The smallest absolute Gasteiger partial charge is 0.306 e. The number of rotatable bonds is 9. The van der Waals surface area contributed by atoms with Crippen LogP contribution in [0.2, 0.25) is 0 Å². The van der Waals surface area contributed by atoms with Gasteiger partial charge in [-0.3, -0.25) is 14.4 Å². The number of carbonyl (C=O) groups excluding carboxylic acids is 3. The summed E-state index contributed by atoms with van der Waals surface area (Å²) in [6, 6.07) is 13.8. The number of methoxy groups -OCH3 is 2. The maximum Gasteiger partial charge on any atom is 0.306 e. The predicted octanol–water partition coefficient (Wildman–Crippen LogP) is 2.60. The molecule has 0 saturated heterocycles. The third-order valence-corrected chi connectivity index (χ3v) is 3.66. The van der Waals surface area contributed by atoms with E-state index in [9.17, 15) is 14.4 Å². The minimum atomic E-state index is -0.643. The molecule has 0 heterocycles. The highest BCUT2D eigenvalue weighted by molar-refractivity contribution is 5.95. The van der Waals surface area contributed by atoms with Crippen molar-refractivity contribution < 1.29 is 28.6 Å². The second-order valence-electron chi connectivity index (χ2n) is 5.69. The van der Waals surface area contributed by atoms with Crippen LogP contribution in [-0.4, -0.2) is 38.6 Å². The molecule has 148 valence electrons. The summed E-state index contributed by atoms with van der Waals surface area (Å²) in [6.07, 6.45) is -0.173. The molecule has 0 fully saturated rings. The van der Waals surface area contributed by atoms with Crippen LogP contribution in [0.3, 0.4) is 0 Å². The number of ether oxygens (including phenoxy) is 3. The van der Waals surface area contributed by atoms with Gasteiger partial charge in [-0.25, -0.2) is 0 Å². The third-order valence-electron chi connectivity index (χ3n) is 3.66. The molecule has 28 heavy (non-hydrogen) atoms. The molecule has 2 N–H and O–H groups in total. The Morgan fingerprint density at radius 3 is 2.29 bits per heavy atom. The van der Waals surface area contributed by atoms with Gasteiger partial charge in [-0.1, -0.05) is 18.2 Å². The molecule has 2 aromatic carbocycles. The molecular formula is C20H22N2O6. The Bertz CT molecular complexity index is 823. The summed E-state index contributed by atoms with van der Waals surface area (Å²) in [4.78, 5) is 35.6. The first-order valence-electron chi connectivity index (χ1n) is 8.54. The molecule has 2 rings (SSSR count). The van der Waals surface area contributed by atoms with Gasteiger partial charge < -0.3 is 24.8 Å². The number of benzene rings is 2. The molecule has 8 heteroatoms. The van der Waals surface area contributed by atoms with Crippen LogP contribution in [0.25, 0.3) is 0 Å². The molecule has 0 unspecified atom stereocenters. The Morgan fingerprint density at radius 1 is 0.857 bits per heavy atom. The van der Waals surface area contributed by atoms with Crippen LogP contribution in [0, 0.1) is 0 Å². The van der Waals surface area contributed by atoms with E-state index in [4.69, 9.17) is 14.2 Å². The van der Waals surface area contributed by atoms with Gasteiger partial charge in [0.1, 0.15) is 11.5 Å². The average Bonchev–Trinajstić information content (AvgIpc) is 2.71. The SMILES string of the molecule is COc1ccc(OC)c(NC(=O)COC(=O)CCC(=O)Nc2ccccc2)c1. The number of anilines is 2. The van der Waals surface area contributed by atoms with E-state index >= 15 is 0 Å². The van der Waals surface area contributed by atoms with Crippen molar-refractivity contribution in [2.45, 2.75) is 12.8 Å². The minimum Gasteiger partial charge on any atom is -0.497 e. The zero-order valence-corrected chi connectivity index (χ0v) is 15.7. The van der Waals surface area contributed by atoms with E-state index in [1.807, 2.05) is 6.07 Å². The molecule has 2 amide bonds. The summed E-state index contributed by atoms with van der Waals surface area (Å²) < 4.78 is 15.2. The summed E-state index contributed by atoms with van der Waals surface area (Å²) in [6.45, 7) is -0.473. The molecule has 0 spiro atoms. The molecule has 2 aromatic rings. The van der Waals surface area contributed by atoms with Crippen molar-refractivity contribution in [3.05, 3.63) is 48.5 Å². The molecule has 0 bridgehead atoms. The quantitative estimate of drug-likeness (QED) is 0.642. The molecule has 0 saturated carbocycles. The second kappa shape index (κ2) is 10.6. The van der Waals surface area contributed by atoms with Crippen molar-refractivity contribution >= 4 is 29.2 Å². The van der Waals surface area contributed by atoms with Gasteiger partial charge >= 0.3 is 5.97 Å². The normalized spacial score (nSPS) is 9.93. The maximum atomic E-state index is 12.0. The third kappa shape index (κ3) is 6.64. The van der Waals surface area contributed by atoms with Crippen molar-refractivity contribution in [3.63, 3.8) is 0 Å². The zero-order valence-electron chi connectivity index (χ0n) is 15.7. The van der Waals surface area contributed by atoms with E-state index in [0.29, 0.717) is 22.9 Å². The van der Waals surface area contributed by atoms with Crippen LogP contribution in [0.15, 0.2) is 48.5 Å². The van der Waals surface area contributed by atoms with Crippen molar-refractivity contribution in [1.29, 1.82) is 0 Å². The monoisotopic (exact) mass is 386 g/mol. The number of nitrogens with one attached hydrogen (secondary N) is 2. The van der Waals surface area contributed by atoms with Gasteiger partial charge in [0.05, 0.1) is 26.3 Å². The largest absolute Gasteiger partial charge is 0.497 e. The second-order valence-corrected chi connectivity index (χ2v) is 5.69. The highest BCUT2D eigenvalue weighted by Gasteiger charge is 2.13. The molecule has 8 nitrogen and oxygen atoms in total. The van der Waals surface area contributed by atoms with Crippen LogP contribution >= 0.6 is 0 Å².